The van der Waals surface area contributed by atoms with E-state index < -0.39 is 0 Å². The lowest BCUT2D eigenvalue weighted by Crippen LogP contribution is -2.23. The minimum absolute atomic E-state index is 0.335. The molecule has 0 amide bonds. The SMILES string of the molecule is O=c1c2c3cc(-c4ccc5c(c4)c4ccccc4n5-c4ccccc4)ccc3n(-c3ccccc3)c2n2c3c4ccccc4n(-c4ccccc4)c3c(=O)n12. The second kappa shape index (κ2) is 10.9. The van der Waals surface area contributed by atoms with Crippen LogP contribution >= 0.6 is 0 Å². The fourth-order valence-electron chi connectivity index (χ4n) is 8.97. The molecular weight excluding hydrogens is 679 g/mol. The summed E-state index contributed by atoms with van der Waals surface area (Å²) in [5.41, 5.74) is 10.1. The fraction of sp³-hybridized carbons (Fsp3) is 0. The van der Waals surface area contributed by atoms with Crippen molar-refractivity contribution in [3.63, 3.8) is 0 Å². The Balaban J connectivity index is 1.18. The third-order valence-corrected chi connectivity index (χ3v) is 11.3. The highest BCUT2D eigenvalue weighted by Gasteiger charge is 2.29. The van der Waals surface area contributed by atoms with Crippen LogP contribution in [0.15, 0.2) is 186 Å². The van der Waals surface area contributed by atoms with E-state index in [-0.39, 0.29) is 11.1 Å². The Hall–Kier alpha value is -7.64. The zero-order chi connectivity index (χ0) is 36.4. The van der Waals surface area contributed by atoms with Gasteiger partial charge in [-0.25, -0.2) is 4.52 Å². The predicted molar refractivity (Wildman–Crippen MR) is 223 cm³/mol. The van der Waals surface area contributed by atoms with Crippen LogP contribution in [0.25, 0.3) is 93.9 Å². The molecule has 0 aliphatic rings. The summed E-state index contributed by atoms with van der Waals surface area (Å²) in [5, 5.41) is 4.53. The molecular formula is C48H29N5O2. The van der Waals surface area contributed by atoms with Crippen molar-refractivity contribution in [3.8, 4) is 28.2 Å². The first-order valence-electron chi connectivity index (χ1n) is 18.4. The van der Waals surface area contributed by atoms with Gasteiger partial charge in [0.25, 0.3) is 11.1 Å². The van der Waals surface area contributed by atoms with E-state index >= 15 is 0 Å². The molecule has 0 aliphatic carbocycles. The standard InChI is InChI=1S/C48H29N5O2/c54-47-43-38-29-31(30-24-26-41-37(28-30)35-20-10-12-22-39(35)49(41)32-14-4-1-5-15-32)25-27-42(38)51(34-18-8-3-9-19-34)46(43)52-44-36-21-11-13-23-40(36)50(33-16-6-2-7-17-33)45(44)48(55)53(47)52/h1-29H. The van der Waals surface area contributed by atoms with Crippen LogP contribution in [0.2, 0.25) is 0 Å². The molecule has 0 atom stereocenters. The summed E-state index contributed by atoms with van der Waals surface area (Å²) in [7, 11) is 0. The lowest BCUT2D eigenvalue weighted by molar-refractivity contribution is 0.826. The van der Waals surface area contributed by atoms with Crippen LogP contribution in [0.3, 0.4) is 0 Å². The van der Waals surface area contributed by atoms with E-state index in [9.17, 15) is 9.59 Å². The van der Waals surface area contributed by atoms with Crippen molar-refractivity contribution in [2.75, 3.05) is 0 Å². The minimum Gasteiger partial charge on any atom is -0.309 e. The third-order valence-electron chi connectivity index (χ3n) is 11.3. The largest absolute Gasteiger partial charge is 0.309 e. The van der Waals surface area contributed by atoms with Gasteiger partial charge in [0.05, 0.1) is 27.5 Å². The lowest BCUT2D eigenvalue weighted by atomic mass is 10.0. The number of hydrogen-bond donors (Lipinski definition) is 0. The summed E-state index contributed by atoms with van der Waals surface area (Å²) in [6.07, 6.45) is 0. The summed E-state index contributed by atoms with van der Waals surface area (Å²) in [4.78, 5) is 29.5. The molecule has 55 heavy (non-hydrogen) atoms. The van der Waals surface area contributed by atoms with Crippen LogP contribution in [0.4, 0.5) is 0 Å². The first kappa shape index (κ1) is 29.9. The quantitative estimate of drug-likeness (QED) is 0.183. The molecule has 12 rings (SSSR count). The van der Waals surface area contributed by atoms with Gasteiger partial charge in [0.15, 0.2) is 5.65 Å². The molecule has 12 aromatic rings. The number of hydrogen-bond acceptors (Lipinski definition) is 2. The molecule has 0 radical (unpaired) electrons. The van der Waals surface area contributed by atoms with E-state index in [1.165, 1.54) is 9.90 Å². The van der Waals surface area contributed by atoms with Gasteiger partial charge in [-0.3, -0.25) is 14.2 Å². The van der Waals surface area contributed by atoms with Crippen LogP contribution in [0.5, 0.6) is 0 Å². The minimum atomic E-state index is -0.347. The van der Waals surface area contributed by atoms with Gasteiger partial charge >= 0.3 is 0 Å². The van der Waals surface area contributed by atoms with Crippen LogP contribution in [-0.2, 0) is 0 Å². The molecule has 5 aromatic heterocycles. The van der Waals surface area contributed by atoms with Crippen LogP contribution in [0.1, 0.15) is 0 Å². The van der Waals surface area contributed by atoms with Crippen molar-refractivity contribution in [1.82, 2.24) is 22.7 Å². The maximum absolute atomic E-state index is 14.8. The molecule has 0 saturated heterocycles. The van der Waals surface area contributed by atoms with Gasteiger partial charge in [-0.05, 0) is 83.9 Å². The average molecular weight is 708 g/mol. The Kier molecular flexibility index (Phi) is 5.95. The van der Waals surface area contributed by atoms with Crippen LogP contribution in [0, 0.1) is 0 Å². The maximum Gasteiger partial charge on any atom is 0.299 e. The van der Waals surface area contributed by atoms with E-state index in [1.807, 2.05) is 100 Å². The highest BCUT2D eigenvalue weighted by Crippen LogP contribution is 2.39. The van der Waals surface area contributed by atoms with Gasteiger partial charge in [-0.2, -0.15) is 4.52 Å². The van der Waals surface area contributed by atoms with Gasteiger partial charge in [-0.15, -0.1) is 0 Å². The molecule has 0 unspecified atom stereocenters. The van der Waals surface area contributed by atoms with Crippen molar-refractivity contribution in [1.29, 1.82) is 0 Å². The highest BCUT2D eigenvalue weighted by atomic mass is 16.2. The number of para-hydroxylation sites is 5. The van der Waals surface area contributed by atoms with Crippen molar-refractivity contribution in [3.05, 3.63) is 197 Å². The van der Waals surface area contributed by atoms with Crippen molar-refractivity contribution < 1.29 is 0 Å². The molecule has 0 N–H and O–H groups in total. The van der Waals surface area contributed by atoms with Gasteiger partial charge < -0.3 is 9.13 Å². The second-order valence-electron chi connectivity index (χ2n) is 14.1. The number of aromatic nitrogens is 5. The maximum atomic E-state index is 14.8. The first-order chi connectivity index (χ1) is 27.2. The third kappa shape index (κ3) is 3.93. The Morgan fingerprint density at radius 2 is 0.800 bits per heavy atom. The van der Waals surface area contributed by atoms with E-state index in [1.54, 1.807) is 0 Å². The van der Waals surface area contributed by atoms with Crippen molar-refractivity contribution in [2.45, 2.75) is 0 Å². The molecule has 0 aliphatic heterocycles. The van der Waals surface area contributed by atoms with Crippen LogP contribution in [-0.4, -0.2) is 22.7 Å². The Labute approximate surface area is 312 Å². The van der Waals surface area contributed by atoms with Crippen LogP contribution < -0.4 is 11.1 Å². The molecule has 0 saturated carbocycles. The Morgan fingerprint density at radius 1 is 0.327 bits per heavy atom. The molecule has 7 aromatic carbocycles. The zero-order valence-electron chi connectivity index (χ0n) is 29.3. The van der Waals surface area contributed by atoms with Crippen molar-refractivity contribution >= 4 is 65.7 Å². The highest BCUT2D eigenvalue weighted by molar-refractivity contribution is 6.14. The topological polar surface area (TPSA) is 57.8 Å². The molecule has 0 spiro atoms. The van der Waals surface area contributed by atoms with Gasteiger partial charge in [0, 0.05) is 38.6 Å². The van der Waals surface area contributed by atoms with Gasteiger partial charge in [-0.1, -0.05) is 103 Å². The molecule has 0 bridgehead atoms. The molecule has 0 fully saturated rings. The lowest BCUT2D eigenvalue weighted by Gasteiger charge is -2.09. The predicted octanol–water partition coefficient (Wildman–Crippen LogP) is 10.2. The normalized spacial score (nSPS) is 12.1. The summed E-state index contributed by atoms with van der Waals surface area (Å²) in [5.74, 6) is 0. The van der Waals surface area contributed by atoms with E-state index in [2.05, 4.69) is 94.1 Å². The first-order valence-corrected chi connectivity index (χ1v) is 18.4. The summed E-state index contributed by atoms with van der Waals surface area (Å²) in [6.45, 7) is 0. The van der Waals surface area contributed by atoms with E-state index in [0.29, 0.717) is 22.1 Å². The molecule has 5 heterocycles. The molecule has 7 heteroatoms. The number of nitrogens with zero attached hydrogens (tertiary/aromatic N) is 5. The monoisotopic (exact) mass is 707 g/mol. The van der Waals surface area contributed by atoms with Gasteiger partial charge in [0.2, 0.25) is 0 Å². The average Bonchev–Trinajstić information content (AvgIpc) is 4.01. The van der Waals surface area contributed by atoms with Gasteiger partial charge in [0.1, 0.15) is 11.0 Å². The van der Waals surface area contributed by atoms with E-state index in [4.69, 9.17) is 0 Å². The Bertz CT molecular complexity index is 3630. The summed E-state index contributed by atoms with van der Waals surface area (Å²) in [6, 6.07) is 59.9. The number of rotatable bonds is 4. The summed E-state index contributed by atoms with van der Waals surface area (Å²) >= 11 is 0. The number of benzene rings is 7. The van der Waals surface area contributed by atoms with Crippen molar-refractivity contribution in [2.24, 2.45) is 0 Å². The fourth-order valence-corrected chi connectivity index (χ4v) is 8.97. The summed E-state index contributed by atoms with van der Waals surface area (Å²) < 4.78 is 9.60. The number of fused-ring (bicyclic) bond motifs is 12. The molecule has 7 nitrogen and oxygen atoms in total. The van der Waals surface area contributed by atoms with E-state index in [0.717, 1.165) is 66.4 Å². The molecule has 258 valence electrons. The second-order valence-corrected chi connectivity index (χ2v) is 14.1. The Morgan fingerprint density at radius 3 is 1.44 bits per heavy atom. The smallest absolute Gasteiger partial charge is 0.299 e. The zero-order valence-corrected chi connectivity index (χ0v) is 29.3.